The monoisotopic (exact) mass is 416 g/mol. The van der Waals surface area contributed by atoms with Gasteiger partial charge in [-0.3, -0.25) is 4.79 Å². The molecule has 2 saturated heterocycles. The van der Waals surface area contributed by atoms with Crippen LogP contribution in [0.1, 0.15) is 54.9 Å². The Labute approximate surface area is 172 Å². The Kier molecular flexibility index (Phi) is 6.01. The van der Waals surface area contributed by atoms with Crippen molar-refractivity contribution < 1.29 is 13.2 Å². The second kappa shape index (κ2) is 8.67. The first-order chi connectivity index (χ1) is 14.1. The van der Waals surface area contributed by atoms with E-state index in [4.69, 9.17) is 0 Å². The summed E-state index contributed by atoms with van der Waals surface area (Å²) in [6, 6.07) is 6.89. The Balaban J connectivity index is 1.46. The molecular formula is C21H28N4O3S. The van der Waals surface area contributed by atoms with Crippen molar-refractivity contribution in [2.75, 3.05) is 26.2 Å². The molecule has 0 bridgehead atoms. The number of amides is 1. The summed E-state index contributed by atoms with van der Waals surface area (Å²) in [7, 11) is -3.56. The second-order valence-electron chi connectivity index (χ2n) is 7.88. The topological polar surface area (TPSA) is 75.5 Å². The van der Waals surface area contributed by atoms with Crippen LogP contribution in [0.3, 0.4) is 0 Å². The molecule has 0 saturated carbocycles. The summed E-state index contributed by atoms with van der Waals surface area (Å²) < 4.78 is 29.8. The van der Waals surface area contributed by atoms with Crippen molar-refractivity contribution in [3.8, 4) is 0 Å². The van der Waals surface area contributed by atoms with Crippen molar-refractivity contribution in [1.29, 1.82) is 0 Å². The van der Waals surface area contributed by atoms with Crippen LogP contribution >= 0.6 is 0 Å². The fourth-order valence-electron chi connectivity index (χ4n) is 4.26. The van der Waals surface area contributed by atoms with Crippen LogP contribution in [0.15, 0.2) is 47.9 Å². The Hall–Kier alpha value is -2.19. The first-order valence-corrected chi connectivity index (χ1v) is 11.9. The van der Waals surface area contributed by atoms with E-state index in [2.05, 4.69) is 9.55 Å². The van der Waals surface area contributed by atoms with Gasteiger partial charge in [0.05, 0.1) is 11.2 Å². The largest absolute Gasteiger partial charge is 0.338 e. The SMILES string of the molecule is O=C(c1cccc(S(=O)(=O)N2CCCCCC2)c1)N1CCC(n2ccnc2)CC1. The number of rotatable bonds is 4. The van der Waals surface area contributed by atoms with Gasteiger partial charge in [-0.1, -0.05) is 18.9 Å². The van der Waals surface area contributed by atoms with E-state index in [0.717, 1.165) is 38.5 Å². The minimum atomic E-state index is -3.56. The van der Waals surface area contributed by atoms with Crippen LogP contribution in [-0.2, 0) is 10.0 Å². The van der Waals surface area contributed by atoms with Gasteiger partial charge in [-0.15, -0.1) is 0 Å². The Morgan fingerprint density at radius 3 is 2.38 bits per heavy atom. The van der Waals surface area contributed by atoms with Crippen molar-refractivity contribution >= 4 is 15.9 Å². The van der Waals surface area contributed by atoms with Gasteiger partial charge in [-0.2, -0.15) is 4.31 Å². The highest BCUT2D eigenvalue weighted by Crippen LogP contribution is 2.25. The molecule has 1 aromatic heterocycles. The molecule has 156 valence electrons. The molecule has 1 amide bonds. The van der Waals surface area contributed by atoms with E-state index in [0.29, 0.717) is 37.8 Å². The third-order valence-corrected chi connectivity index (χ3v) is 7.88. The van der Waals surface area contributed by atoms with E-state index in [-0.39, 0.29) is 10.8 Å². The zero-order chi connectivity index (χ0) is 20.3. The maximum absolute atomic E-state index is 13.1. The molecule has 0 aliphatic carbocycles. The lowest BCUT2D eigenvalue weighted by molar-refractivity contribution is 0.0694. The molecule has 2 fully saturated rings. The molecule has 2 aromatic rings. The van der Waals surface area contributed by atoms with E-state index in [9.17, 15) is 13.2 Å². The minimum Gasteiger partial charge on any atom is -0.338 e. The van der Waals surface area contributed by atoms with E-state index >= 15 is 0 Å². The van der Waals surface area contributed by atoms with Crippen LogP contribution in [-0.4, -0.2) is 59.3 Å². The number of imidazole rings is 1. The average Bonchev–Trinajstić information content (AvgIpc) is 3.15. The number of likely N-dealkylation sites (tertiary alicyclic amines) is 1. The standard InChI is InChI=1S/C21H28N4O3S/c26-21(23-13-8-19(9-14-23)24-15-10-22-17-24)18-6-5-7-20(16-18)29(27,28)25-11-3-1-2-4-12-25/h5-7,10,15-17,19H,1-4,8-9,11-14H2. The Morgan fingerprint density at radius 1 is 1.00 bits per heavy atom. The summed E-state index contributed by atoms with van der Waals surface area (Å²) >= 11 is 0. The first-order valence-electron chi connectivity index (χ1n) is 10.4. The molecule has 0 spiro atoms. The molecule has 0 N–H and O–H groups in total. The lowest BCUT2D eigenvalue weighted by atomic mass is 10.0. The van der Waals surface area contributed by atoms with Gasteiger partial charge in [-0.25, -0.2) is 13.4 Å². The summed E-state index contributed by atoms with van der Waals surface area (Å²) in [5, 5.41) is 0. The van der Waals surface area contributed by atoms with Crippen molar-refractivity contribution in [3.63, 3.8) is 0 Å². The molecule has 2 aliphatic rings. The van der Waals surface area contributed by atoms with Crippen molar-refractivity contribution in [2.24, 2.45) is 0 Å². The molecule has 2 aliphatic heterocycles. The number of carbonyl (C=O) groups is 1. The zero-order valence-corrected chi connectivity index (χ0v) is 17.4. The maximum atomic E-state index is 13.1. The van der Waals surface area contributed by atoms with Gasteiger partial charge < -0.3 is 9.47 Å². The normalized spacial score (nSPS) is 19.8. The summed E-state index contributed by atoms with van der Waals surface area (Å²) in [5.74, 6) is -0.0954. The van der Waals surface area contributed by atoms with Gasteiger partial charge in [0, 0.05) is 50.2 Å². The molecule has 0 radical (unpaired) electrons. The van der Waals surface area contributed by atoms with Crippen molar-refractivity contribution in [3.05, 3.63) is 48.5 Å². The molecule has 4 rings (SSSR count). The highest BCUT2D eigenvalue weighted by Gasteiger charge is 2.28. The smallest absolute Gasteiger partial charge is 0.253 e. The Bertz CT molecular complexity index is 927. The number of hydrogen-bond acceptors (Lipinski definition) is 4. The molecule has 0 atom stereocenters. The van der Waals surface area contributed by atoms with Gasteiger partial charge >= 0.3 is 0 Å². The number of sulfonamides is 1. The van der Waals surface area contributed by atoms with Crippen LogP contribution in [0.25, 0.3) is 0 Å². The third-order valence-electron chi connectivity index (χ3n) is 5.98. The van der Waals surface area contributed by atoms with Crippen molar-refractivity contribution in [1.82, 2.24) is 18.8 Å². The fourth-order valence-corrected chi connectivity index (χ4v) is 5.82. The summed E-state index contributed by atoms with van der Waals surface area (Å²) in [5.41, 5.74) is 0.446. The predicted octanol–water partition coefficient (Wildman–Crippen LogP) is 2.93. The highest BCUT2D eigenvalue weighted by molar-refractivity contribution is 7.89. The van der Waals surface area contributed by atoms with Crippen molar-refractivity contribution in [2.45, 2.75) is 49.5 Å². The zero-order valence-electron chi connectivity index (χ0n) is 16.6. The molecule has 29 heavy (non-hydrogen) atoms. The number of benzene rings is 1. The maximum Gasteiger partial charge on any atom is 0.253 e. The third kappa shape index (κ3) is 4.38. The Morgan fingerprint density at radius 2 is 1.72 bits per heavy atom. The average molecular weight is 417 g/mol. The summed E-state index contributed by atoms with van der Waals surface area (Å²) in [6.07, 6.45) is 11.2. The fraction of sp³-hybridized carbons (Fsp3) is 0.524. The number of nitrogens with zero attached hydrogens (tertiary/aromatic N) is 4. The predicted molar refractivity (Wildman–Crippen MR) is 110 cm³/mol. The molecular weight excluding hydrogens is 388 g/mol. The molecule has 7 nitrogen and oxygen atoms in total. The van der Waals surface area contributed by atoms with Crippen LogP contribution in [0.5, 0.6) is 0 Å². The number of piperidine rings is 1. The van der Waals surface area contributed by atoms with E-state index in [1.54, 1.807) is 34.8 Å². The quantitative estimate of drug-likeness (QED) is 0.768. The van der Waals surface area contributed by atoms with Gasteiger partial charge in [0.2, 0.25) is 10.0 Å². The van der Waals surface area contributed by atoms with Crippen LogP contribution in [0, 0.1) is 0 Å². The van der Waals surface area contributed by atoms with Gasteiger partial charge in [-0.05, 0) is 43.9 Å². The van der Waals surface area contributed by atoms with E-state index < -0.39 is 10.0 Å². The summed E-state index contributed by atoms with van der Waals surface area (Å²) in [4.78, 5) is 19.1. The van der Waals surface area contributed by atoms with Crippen LogP contribution in [0.2, 0.25) is 0 Å². The molecule has 1 aromatic carbocycles. The minimum absolute atomic E-state index is 0.0954. The molecule has 8 heteroatoms. The lowest BCUT2D eigenvalue weighted by Crippen LogP contribution is -2.39. The molecule has 3 heterocycles. The van der Waals surface area contributed by atoms with E-state index in [1.807, 2.05) is 17.4 Å². The van der Waals surface area contributed by atoms with Crippen LogP contribution in [0.4, 0.5) is 0 Å². The number of hydrogen-bond donors (Lipinski definition) is 0. The highest BCUT2D eigenvalue weighted by atomic mass is 32.2. The van der Waals surface area contributed by atoms with Gasteiger partial charge in [0.1, 0.15) is 0 Å². The first kappa shape index (κ1) is 20.1. The van der Waals surface area contributed by atoms with Gasteiger partial charge in [0.25, 0.3) is 5.91 Å². The van der Waals surface area contributed by atoms with E-state index in [1.165, 1.54) is 0 Å². The molecule has 0 unspecified atom stereocenters. The number of aromatic nitrogens is 2. The van der Waals surface area contributed by atoms with Gasteiger partial charge in [0.15, 0.2) is 0 Å². The number of carbonyl (C=O) groups excluding carboxylic acids is 1. The summed E-state index contributed by atoms with van der Waals surface area (Å²) in [6.45, 7) is 2.43. The second-order valence-corrected chi connectivity index (χ2v) is 9.82. The van der Waals surface area contributed by atoms with Crippen LogP contribution < -0.4 is 0 Å². The lowest BCUT2D eigenvalue weighted by Gasteiger charge is -2.32.